The number of nitrogens with one attached hydrogen (secondary N) is 1. The first-order chi connectivity index (χ1) is 9.10. The number of hydrogen-bond acceptors (Lipinski definition) is 2. The Kier molecular flexibility index (Phi) is 4.73. The first-order valence-electron chi connectivity index (χ1n) is 7.64. The van der Waals surface area contributed by atoms with Gasteiger partial charge < -0.3 is 10.2 Å². The van der Waals surface area contributed by atoms with Crippen LogP contribution in [0.2, 0.25) is 0 Å². The molecule has 0 aromatic heterocycles. The molecule has 106 valence electrons. The van der Waals surface area contributed by atoms with Crippen molar-refractivity contribution in [3.05, 3.63) is 23.8 Å². The standard InChI is InChI=1S/C17H28N2/c1-5-14-7-6-8-15(11-14)18-16-10-9-13(2)17(12-16)19(3)4/h9-10,12,14-15,18H,5-8,11H2,1-4H3. The minimum absolute atomic E-state index is 0.663. The second-order valence-electron chi connectivity index (χ2n) is 6.18. The molecule has 0 amide bonds. The molecule has 2 heteroatoms. The van der Waals surface area contributed by atoms with Gasteiger partial charge in [0.1, 0.15) is 0 Å². The zero-order valence-electron chi connectivity index (χ0n) is 12.9. The fraction of sp³-hybridized carbons (Fsp3) is 0.647. The third kappa shape index (κ3) is 3.65. The largest absolute Gasteiger partial charge is 0.382 e. The maximum atomic E-state index is 3.74. The first kappa shape index (κ1) is 14.2. The van der Waals surface area contributed by atoms with Crippen LogP contribution in [0.5, 0.6) is 0 Å². The van der Waals surface area contributed by atoms with Crippen molar-refractivity contribution in [3.8, 4) is 0 Å². The lowest BCUT2D eigenvalue weighted by Gasteiger charge is -2.30. The number of rotatable bonds is 4. The van der Waals surface area contributed by atoms with Crippen LogP contribution >= 0.6 is 0 Å². The van der Waals surface area contributed by atoms with Crippen LogP contribution in [0.25, 0.3) is 0 Å². The second kappa shape index (κ2) is 6.31. The number of nitrogens with zero attached hydrogens (tertiary/aromatic N) is 1. The average Bonchev–Trinajstić information content (AvgIpc) is 2.41. The van der Waals surface area contributed by atoms with Crippen LogP contribution in [-0.2, 0) is 0 Å². The summed E-state index contributed by atoms with van der Waals surface area (Å²) in [5, 5.41) is 3.74. The van der Waals surface area contributed by atoms with E-state index in [9.17, 15) is 0 Å². The predicted octanol–water partition coefficient (Wildman–Crippen LogP) is 4.44. The van der Waals surface area contributed by atoms with Crippen LogP contribution in [0.1, 0.15) is 44.6 Å². The van der Waals surface area contributed by atoms with Gasteiger partial charge in [0.2, 0.25) is 0 Å². The van der Waals surface area contributed by atoms with Crippen LogP contribution in [-0.4, -0.2) is 20.1 Å². The van der Waals surface area contributed by atoms with Gasteiger partial charge in [-0.3, -0.25) is 0 Å². The maximum Gasteiger partial charge on any atom is 0.0411 e. The molecule has 1 N–H and O–H groups in total. The summed E-state index contributed by atoms with van der Waals surface area (Å²) in [6, 6.07) is 7.39. The molecule has 1 aliphatic carbocycles. The molecule has 0 saturated heterocycles. The Labute approximate surface area is 118 Å². The Balaban J connectivity index is 2.04. The van der Waals surface area contributed by atoms with Crippen molar-refractivity contribution in [1.82, 2.24) is 0 Å². The number of benzene rings is 1. The molecule has 1 aromatic carbocycles. The van der Waals surface area contributed by atoms with Gasteiger partial charge in [-0.15, -0.1) is 0 Å². The molecule has 2 nitrogen and oxygen atoms in total. The maximum absolute atomic E-state index is 3.74. The Morgan fingerprint density at radius 3 is 2.74 bits per heavy atom. The third-order valence-corrected chi connectivity index (χ3v) is 4.42. The van der Waals surface area contributed by atoms with E-state index in [1.54, 1.807) is 0 Å². The van der Waals surface area contributed by atoms with Crippen molar-refractivity contribution in [2.45, 2.75) is 52.0 Å². The molecule has 2 unspecified atom stereocenters. The molecule has 0 radical (unpaired) electrons. The first-order valence-corrected chi connectivity index (χ1v) is 7.64. The molecule has 1 aliphatic rings. The van der Waals surface area contributed by atoms with Crippen LogP contribution in [0.3, 0.4) is 0 Å². The van der Waals surface area contributed by atoms with E-state index < -0.39 is 0 Å². The van der Waals surface area contributed by atoms with E-state index in [1.807, 2.05) is 0 Å². The van der Waals surface area contributed by atoms with E-state index in [1.165, 1.54) is 49.0 Å². The predicted molar refractivity (Wildman–Crippen MR) is 85.2 cm³/mol. The molecule has 0 bridgehead atoms. The van der Waals surface area contributed by atoms with Gasteiger partial charge in [0.15, 0.2) is 0 Å². The van der Waals surface area contributed by atoms with Gasteiger partial charge >= 0.3 is 0 Å². The quantitative estimate of drug-likeness (QED) is 0.861. The van der Waals surface area contributed by atoms with Crippen molar-refractivity contribution in [2.24, 2.45) is 5.92 Å². The molecule has 1 saturated carbocycles. The highest BCUT2D eigenvalue weighted by Crippen LogP contribution is 2.30. The van der Waals surface area contributed by atoms with Crippen LogP contribution in [0.4, 0.5) is 11.4 Å². The Hall–Kier alpha value is -1.18. The van der Waals surface area contributed by atoms with Gasteiger partial charge in [-0.2, -0.15) is 0 Å². The molecule has 0 heterocycles. The lowest BCUT2D eigenvalue weighted by molar-refractivity contribution is 0.327. The van der Waals surface area contributed by atoms with Gasteiger partial charge in [-0.1, -0.05) is 32.3 Å². The number of hydrogen-bond donors (Lipinski definition) is 1. The summed E-state index contributed by atoms with van der Waals surface area (Å²) >= 11 is 0. The monoisotopic (exact) mass is 260 g/mol. The molecule has 1 fully saturated rings. The molecule has 0 spiro atoms. The van der Waals surface area contributed by atoms with Crippen molar-refractivity contribution in [1.29, 1.82) is 0 Å². The summed E-state index contributed by atoms with van der Waals surface area (Å²) in [6.07, 6.45) is 6.78. The third-order valence-electron chi connectivity index (χ3n) is 4.42. The fourth-order valence-corrected chi connectivity index (χ4v) is 3.21. The van der Waals surface area contributed by atoms with Gasteiger partial charge in [-0.05, 0) is 43.4 Å². The van der Waals surface area contributed by atoms with Crippen LogP contribution in [0, 0.1) is 12.8 Å². The number of anilines is 2. The Morgan fingerprint density at radius 1 is 1.26 bits per heavy atom. The lowest BCUT2D eigenvalue weighted by atomic mass is 9.84. The zero-order chi connectivity index (χ0) is 13.8. The molecule has 1 aromatic rings. The second-order valence-corrected chi connectivity index (χ2v) is 6.18. The smallest absolute Gasteiger partial charge is 0.0411 e. The molecular formula is C17H28N2. The summed E-state index contributed by atoms with van der Waals surface area (Å²) in [5.41, 5.74) is 3.93. The summed E-state index contributed by atoms with van der Waals surface area (Å²) in [7, 11) is 4.22. The zero-order valence-corrected chi connectivity index (χ0v) is 12.9. The average molecular weight is 260 g/mol. The lowest BCUT2D eigenvalue weighted by Crippen LogP contribution is -2.27. The van der Waals surface area contributed by atoms with Crippen molar-refractivity contribution >= 4 is 11.4 Å². The molecular weight excluding hydrogens is 232 g/mol. The van der Waals surface area contributed by atoms with Gasteiger partial charge in [-0.25, -0.2) is 0 Å². The van der Waals surface area contributed by atoms with Crippen molar-refractivity contribution in [3.63, 3.8) is 0 Å². The van der Waals surface area contributed by atoms with E-state index in [0.717, 1.165) is 5.92 Å². The van der Waals surface area contributed by atoms with E-state index in [4.69, 9.17) is 0 Å². The number of aryl methyl sites for hydroxylation is 1. The topological polar surface area (TPSA) is 15.3 Å². The summed E-state index contributed by atoms with van der Waals surface area (Å²) in [6.45, 7) is 4.50. The summed E-state index contributed by atoms with van der Waals surface area (Å²) in [4.78, 5) is 2.19. The summed E-state index contributed by atoms with van der Waals surface area (Å²) < 4.78 is 0. The van der Waals surface area contributed by atoms with Gasteiger partial charge in [0.25, 0.3) is 0 Å². The van der Waals surface area contributed by atoms with Crippen LogP contribution < -0.4 is 10.2 Å². The van der Waals surface area contributed by atoms with Crippen molar-refractivity contribution in [2.75, 3.05) is 24.3 Å². The van der Waals surface area contributed by atoms with Crippen LogP contribution in [0.15, 0.2) is 18.2 Å². The molecule has 2 atom stereocenters. The molecule has 19 heavy (non-hydrogen) atoms. The van der Waals surface area contributed by atoms with E-state index >= 15 is 0 Å². The highest BCUT2D eigenvalue weighted by molar-refractivity contribution is 5.62. The highest BCUT2D eigenvalue weighted by Gasteiger charge is 2.20. The Bertz CT molecular complexity index is 412. The fourth-order valence-electron chi connectivity index (χ4n) is 3.21. The van der Waals surface area contributed by atoms with E-state index in [0.29, 0.717) is 6.04 Å². The van der Waals surface area contributed by atoms with Crippen molar-refractivity contribution < 1.29 is 0 Å². The van der Waals surface area contributed by atoms with E-state index in [-0.39, 0.29) is 0 Å². The summed E-state index contributed by atoms with van der Waals surface area (Å²) in [5.74, 6) is 0.921. The molecule has 0 aliphatic heterocycles. The van der Waals surface area contributed by atoms with E-state index in [2.05, 4.69) is 56.4 Å². The van der Waals surface area contributed by atoms with Gasteiger partial charge in [0, 0.05) is 31.5 Å². The van der Waals surface area contributed by atoms with Gasteiger partial charge in [0.05, 0.1) is 0 Å². The Morgan fingerprint density at radius 2 is 2.05 bits per heavy atom. The minimum Gasteiger partial charge on any atom is -0.382 e. The molecule has 2 rings (SSSR count). The highest BCUT2D eigenvalue weighted by atomic mass is 15.1. The normalized spacial score (nSPS) is 23.2. The SMILES string of the molecule is CCC1CCCC(Nc2ccc(C)c(N(C)C)c2)C1. The minimum atomic E-state index is 0.663.